The van der Waals surface area contributed by atoms with Crippen LogP contribution in [0.15, 0.2) is 36.5 Å². The number of carboxylic acid groups (broad SMARTS) is 1. The number of alkyl halides is 2. The number of H-pyrrole nitrogens is 1. The number of amides is 1. The minimum absolute atomic E-state index is 0.0500. The van der Waals surface area contributed by atoms with Crippen LogP contribution in [0.4, 0.5) is 14.5 Å². The van der Waals surface area contributed by atoms with Crippen molar-refractivity contribution < 1.29 is 28.2 Å². The van der Waals surface area contributed by atoms with Crippen LogP contribution in [0.1, 0.15) is 65.7 Å². The van der Waals surface area contributed by atoms with Crippen molar-refractivity contribution in [3.8, 4) is 5.75 Å². The van der Waals surface area contributed by atoms with Crippen LogP contribution in [0.25, 0.3) is 10.9 Å². The Morgan fingerprint density at radius 3 is 2.65 bits per heavy atom. The Bertz CT molecular complexity index is 1380. The summed E-state index contributed by atoms with van der Waals surface area (Å²) in [6.45, 7) is 4.47. The zero-order chi connectivity index (χ0) is 26.5. The van der Waals surface area contributed by atoms with Gasteiger partial charge in [0.05, 0.1) is 12.7 Å². The minimum Gasteiger partial charge on any atom is -0.496 e. The average Bonchev–Trinajstić information content (AvgIpc) is 3.31. The predicted molar refractivity (Wildman–Crippen MR) is 136 cm³/mol. The summed E-state index contributed by atoms with van der Waals surface area (Å²) in [7, 11) is 1.63. The predicted octanol–water partition coefficient (Wildman–Crippen LogP) is 5.89. The van der Waals surface area contributed by atoms with Crippen molar-refractivity contribution in [2.24, 2.45) is 5.41 Å². The van der Waals surface area contributed by atoms with E-state index in [2.05, 4.69) is 15.2 Å². The van der Waals surface area contributed by atoms with Crippen LogP contribution in [0.5, 0.6) is 5.75 Å². The number of hydrogen-bond acceptors (Lipinski definition) is 4. The topological polar surface area (TPSA) is 94.7 Å². The molecule has 1 saturated carbocycles. The Morgan fingerprint density at radius 2 is 2.00 bits per heavy atom. The molecular formula is C28H31F2N3O4. The van der Waals surface area contributed by atoms with E-state index in [9.17, 15) is 23.5 Å². The molecule has 1 atom stereocenters. The number of hydrogen-bond donors (Lipinski definition) is 3. The number of rotatable bonds is 6. The number of benzene rings is 2. The van der Waals surface area contributed by atoms with Gasteiger partial charge in [0, 0.05) is 60.7 Å². The van der Waals surface area contributed by atoms with Gasteiger partial charge in [0.1, 0.15) is 5.75 Å². The molecule has 1 saturated heterocycles. The number of carbonyl (C=O) groups excluding carboxylic acids is 1. The number of halogens is 2. The second-order valence-corrected chi connectivity index (χ2v) is 10.6. The first-order chi connectivity index (χ1) is 17.5. The van der Waals surface area contributed by atoms with Crippen LogP contribution >= 0.6 is 0 Å². The van der Waals surface area contributed by atoms with Gasteiger partial charge in [-0.3, -0.25) is 9.69 Å². The molecule has 1 aliphatic carbocycles. The number of aromatic amines is 1. The molecule has 7 nitrogen and oxygen atoms in total. The third-order valence-electron chi connectivity index (χ3n) is 7.93. The summed E-state index contributed by atoms with van der Waals surface area (Å²) in [6, 6.07) is 8.37. The molecule has 1 aliphatic heterocycles. The molecule has 3 aromatic rings. The number of likely N-dealkylation sites (tertiary alicyclic amines) is 1. The second kappa shape index (κ2) is 9.13. The molecule has 196 valence electrons. The van der Waals surface area contributed by atoms with Crippen molar-refractivity contribution in [3.05, 3.63) is 58.8 Å². The number of anilines is 1. The maximum atomic E-state index is 14.1. The number of nitrogens with zero attached hydrogens (tertiary/aromatic N) is 1. The van der Waals surface area contributed by atoms with Crippen LogP contribution < -0.4 is 10.1 Å². The van der Waals surface area contributed by atoms with Gasteiger partial charge in [-0.15, -0.1) is 0 Å². The molecule has 9 heteroatoms. The quantitative estimate of drug-likeness (QED) is 0.383. The number of piperidine rings is 1. The number of aromatic carboxylic acids is 1. The summed E-state index contributed by atoms with van der Waals surface area (Å²) < 4.78 is 33.9. The standard InChI is InChI=1S/C28H31F2N3O4/c1-16-10-24(37-3)21(19-6-8-31-25(16)19)13-33-9-7-27(14-28(29,30)15-27)12-23(33)20-5-4-18(26(35)36)11-22(20)32-17(2)34/h4-6,8,10-11,23,31H,7,9,12-15H2,1-3H3,(H,32,34)(H,35,36)/t23-/m1/s1. The van der Waals surface area contributed by atoms with Gasteiger partial charge in [-0.25, -0.2) is 13.6 Å². The Morgan fingerprint density at radius 1 is 1.24 bits per heavy atom. The van der Waals surface area contributed by atoms with E-state index in [0.29, 0.717) is 31.6 Å². The lowest BCUT2D eigenvalue weighted by molar-refractivity contribution is -0.186. The van der Waals surface area contributed by atoms with Crippen molar-refractivity contribution in [3.63, 3.8) is 0 Å². The summed E-state index contributed by atoms with van der Waals surface area (Å²) >= 11 is 0. The first-order valence-corrected chi connectivity index (χ1v) is 12.4. The van der Waals surface area contributed by atoms with Gasteiger partial charge >= 0.3 is 5.97 Å². The monoisotopic (exact) mass is 511 g/mol. The fourth-order valence-corrected chi connectivity index (χ4v) is 6.30. The molecule has 5 rings (SSSR count). The molecule has 1 amide bonds. The highest BCUT2D eigenvalue weighted by Crippen LogP contribution is 2.61. The molecule has 2 fully saturated rings. The number of carboxylic acids is 1. The largest absolute Gasteiger partial charge is 0.496 e. The second-order valence-electron chi connectivity index (χ2n) is 10.6. The van der Waals surface area contributed by atoms with E-state index in [-0.39, 0.29) is 30.4 Å². The highest BCUT2D eigenvalue weighted by Gasteiger charge is 2.58. The van der Waals surface area contributed by atoms with E-state index in [4.69, 9.17) is 4.74 Å². The van der Waals surface area contributed by atoms with Crippen LogP contribution in [0.3, 0.4) is 0 Å². The number of methoxy groups -OCH3 is 1. The zero-order valence-electron chi connectivity index (χ0n) is 21.2. The summed E-state index contributed by atoms with van der Waals surface area (Å²) in [6.07, 6.45) is 2.73. The number of nitrogens with one attached hydrogen (secondary N) is 2. The molecular weight excluding hydrogens is 480 g/mol. The number of aryl methyl sites for hydroxylation is 1. The number of carbonyl (C=O) groups is 2. The Hall–Kier alpha value is -3.46. The molecule has 0 unspecified atom stereocenters. The lowest BCUT2D eigenvalue weighted by Gasteiger charge is -2.55. The van der Waals surface area contributed by atoms with E-state index < -0.39 is 17.3 Å². The van der Waals surface area contributed by atoms with Crippen molar-refractivity contribution >= 4 is 28.5 Å². The van der Waals surface area contributed by atoms with Gasteiger partial charge in [-0.05, 0) is 67.1 Å². The number of ether oxygens (including phenoxy) is 1. The third kappa shape index (κ3) is 4.68. The fourth-order valence-electron chi connectivity index (χ4n) is 6.30. The van der Waals surface area contributed by atoms with Crippen molar-refractivity contribution in [1.82, 2.24) is 9.88 Å². The van der Waals surface area contributed by atoms with Crippen molar-refractivity contribution in [1.29, 1.82) is 0 Å². The molecule has 0 radical (unpaired) electrons. The van der Waals surface area contributed by atoms with E-state index in [1.807, 2.05) is 25.3 Å². The molecule has 2 heterocycles. The Kier molecular flexibility index (Phi) is 6.22. The minimum atomic E-state index is -2.65. The third-order valence-corrected chi connectivity index (χ3v) is 7.93. The van der Waals surface area contributed by atoms with Gasteiger partial charge in [0.15, 0.2) is 0 Å². The van der Waals surface area contributed by atoms with Gasteiger partial charge in [0.2, 0.25) is 11.8 Å². The Labute approximate surface area is 213 Å². The van der Waals surface area contributed by atoms with E-state index in [1.165, 1.54) is 19.1 Å². The van der Waals surface area contributed by atoms with Gasteiger partial charge in [-0.2, -0.15) is 0 Å². The zero-order valence-corrected chi connectivity index (χ0v) is 21.2. The van der Waals surface area contributed by atoms with E-state index in [0.717, 1.165) is 33.3 Å². The SMILES string of the molecule is COc1cc(C)c2[nH]ccc2c1CN1CCC2(C[C@@H]1c1ccc(C(=O)O)cc1NC(C)=O)CC(F)(F)C2. The summed E-state index contributed by atoms with van der Waals surface area (Å²) in [5.74, 6) is -3.34. The lowest BCUT2D eigenvalue weighted by atomic mass is 9.58. The maximum Gasteiger partial charge on any atom is 0.335 e. The van der Waals surface area contributed by atoms with Gasteiger partial charge < -0.3 is 20.1 Å². The number of fused-ring (bicyclic) bond motifs is 1. The molecule has 1 spiro atoms. The van der Waals surface area contributed by atoms with Crippen LogP contribution in [-0.2, 0) is 11.3 Å². The van der Waals surface area contributed by atoms with Crippen LogP contribution in [-0.4, -0.2) is 46.4 Å². The molecule has 37 heavy (non-hydrogen) atoms. The number of aromatic nitrogens is 1. The van der Waals surface area contributed by atoms with E-state index in [1.54, 1.807) is 13.2 Å². The molecule has 1 aromatic heterocycles. The molecule has 0 bridgehead atoms. The highest BCUT2D eigenvalue weighted by molar-refractivity contribution is 5.94. The average molecular weight is 512 g/mol. The van der Waals surface area contributed by atoms with Gasteiger partial charge in [-0.1, -0.05) is 6.07 Å². The summed E-state index contributed by atoms with van der Waals surface area (Å²) in [4.78, 5) is 29.2. The smallest absolute Gasteiger partial charge is 0.335 e. The first-order valence-electron chi connectivity index (χ1n) is 12.4. The Balaban J connectivity index is 1.58. The lowest BCUT2D eigenvalue weighted by Crippen LogP contribution is -2.53. The molecule has 3 N–H and O–H groups in total. The normalized spacial score (nSPS) is 20.5. The highest BCUT2D eigenvalue weighted by atomic mass is 19.3. The van der Waals surface area contributed by atoms with Crippen LogP contribution in [0, 0.1) is 12.3 Å². The molecule has 2 aliphatic rings. The van der Waals surface area contributed by atoms with Gasteiger partial charge in [0.25, 0.3) is 0 Å². The summed E-state index contributed by atoms with van der Waals surface area (Å²) in [5.41, 5.74) is 3.76. The van der Waals surface area contributed by atoms with Crippen molar-refractivity contribution in [2.75, 3.05) is 19.0 Å². The maximum absolute atomic E-state index is 14.1. The first kappa shape index (κ1) is 25.2. The van der Waals surface area contributed by atoms with Crippen LogP contribution in [0.2, 0.25) is 0 Å². The van der Waals surface area contributed by atoms with Crippen molar-refractivity contribution in [2.45, 2.75) is 58.0 Å². The fraction of sp³-hybridized carbons (Fsp3) is 0.429. The molecule has 2 aromatic carbocycles. The summed E-state index contributed by atoms with van der Waals surface area (Å²) in [5, 5.41) is 13.3. The van der Waals surface area contributed by atoms with E-state index >= 15 is 0 Å².